The van der Waals surface area contributed by atoms with Gasteiger partial charge in [0.15, 0.2) is 0 Å². The van der Waals surface area contributed by atoms with Crippen LogP contribution in [0.25, 0.3) is 0 Å². The number of amides is 2. The Morgan fingerprint density at radius 2 is 1.78 bits per heavy atom. The van der Waals surface area contributed by atoms with Gasteiger partial charge in [0.25, 0.3) is 5.91 Å². The van der Waals surface area contributed by atoms with Crippen molar-refractivity contribution in [3.8, 4) is 0 Å². The van der Waals surface area contributed by atoms with Crippen LogP contribution in [0.2, 0.25) is 0 Å². The highest BCUT2D eigenvalue weighted by molar-refractivity contribution is 5.94. The summed E-state index contributed by atoms with van der Waals surface area (Å²) in [5, 5.41) is 2.90. The Labute approximate surface area is 189 Å². The highest BCUT2D eigenvalue weighted by Gasteiger charge is 2.35. The Morgan fingerprint density at radius 1 is 1.03 bits per heavy atom. The first-order valence-electron chi connectivity index (χ1n) is 11.7. The summed E-state index contributed by atoms with van der Waals surface area (Å²) in [7, 11) is 0. The lowest BCUT2D eigenvalue weighted by atomic mass is 9.90. The first-order valence-corrected chi connectivity index (χ1v) is 11.7. The predicted molar refractivity (Wildman–Crippen MR) is 123 cm³/mol. The average molecular weight is 434 g/mol. The van der Waals surface area contributed by atoms with Gasteiger partial charge in [0, 0.05) is 45.1 Å². The zero-order valence-electron chi connectivity index (χ0n) is 19.1. The van der Waals surface area contributed by atoms with Crippen molar-refractivity contribution in [3.63, 3.8) is 0 Å². The fourth-order valence-electron chi connectivity index (χ4n) is 5.03. The second-order valence-corrected chi connectivity index (χ2v) is 9.59. The molecular weight excluding hydrogens is 402 g/mol. The van der Waals surface area contributed by atoms with Gasteiger partial charge in [-0.15, -0.1) is 0 Å². The SMILES string of the molecule is Cc1cc(C(=O)N2CCN(c3ncc(C4CC4)cc3C)CC2)cnc1[C@@H]1C(=O)NCC1C. The van der Waals surface area contributed by atoms with Crippen molar-refractivity contribution in [3.05, 3.63) is 52.5 Å². The van der Waals surface area contributed by atoms with Crippen molar-refractivity contribution >= 4 is 17.6 Å². The second kappa shape index (κ2) is 8.19. The summed E-state index contributed by atoms with van der Waals surface area (Å²) < 4.78 is 0. The number of aryl methyl sites for hydroxylation is 2. The number of hydrogen-bond donors (Lipinski definition) is 1. The van der Waals surface area contributed by atoms with E-state index in [1.165, 1.54) is 24.0 Å². The molecule has 2 atom stereocenters. The maximum Gasteiger partial charge on any atom is 0.255 e. The molecule has 5 rings (SSSR count). The molecule has 1 aliphatic carbocycles. The zero-order chi connectivity index (χ0) is 22.4. The highest BCUT2D eigenvalue weighted by atomic mass is 16.2. The molecule has 1 unspecified atom stereocenters. The summed E-state index contributed by atoms with van der Waals surface area (Å²) in [6, 6.07) is 4.16. The van der Waals surface area contributed by atoms with Gasteiger partial charge in [-0.05, 0) is 61.3 Å². The van der Waals surface area contributed by atoms with Gasteiger partial charge in [-0.25, -0.2) is 4.98 Å². The van der Waals surface area contributed by atoms with E-state index in [9.17, 15) is 9.59 Å². The van der Waals surface area contributed by atoms with Crippen LogP contribution in [0.1, 0.15) is 64.3 Å². The molecule has 3 aliphatic rings. The normalized spacial score (nSPS) is 23.4. The third-order valence-corrected chi connectivity index (χ3v) is 7.10. The number of nitrogens with zero attached hydrogens (tertiary/aromatic N) is 4. The highest BCUT2D eigenvalue weighted by Crippen LogP contribution is 2.40. The molecule has 7 nitrogen and oxygen atoms in total. The number of pyridine rings is 2. The van der Waals surface area contributed by atoms with E-state index in [4.69, 9.17) is 4.98 Å². The molecule has 3 fully saturated rings. The van der Waals surface area contributed by atoms with Crippen LogP contribution in [-0.4, -0.2) is 59.4 Å². The minimum atomic E-state index is -0.232. The quantitative estimate of drug-likeness (QED) is 0.802. The van der Waals surface area contributed by atoms with Gasteiger partial charge < -0.3 is 15.1 Å². The smallest absolute Gasteiger partial charge is 0.255 e. The Balaban J connectivity index is 1.24. The van der Waals surface area contributed by atoms with E-state index in [0.29, 0.717) is 31.1 Å². The van der Waals surface area contributed by atoms with Crippen LogP contribution >= 0.6 is 0 Å². The van der Waals surface area contributed by atoms with Crippen LogP contribution in [0.15, 0.2) is 24.5 Å². The van der Waals surface area contributed by atoms with E-state index in [0.717, 1.165) is 30.2 Å². The van der Waals surface area contributed by atoms with Crippen LogP contribution in [0, 0.1) is 19.8 Å². The van der Waals surface area contributed by atoms with Crippen molar-refractivity contribution < 1.29 is 9.59 Å². The third-order valence-electron chi connectivity index (χ3n) is 7.10. The van der Waals surface area contributed by atoms with Gasteiger partial charge in [-0.1, -0.05) is 13.0 Å². The van der Waals surface area contributed by atoms with E-state index in [-0.39, 0.29) is 23.7 Å². The Bertz CT molecular complexity index is 1060. The van der Waals surface area contributed by atoms with E-state index in [2.05, 4.69) is 35.1 Å². The lowest BCUT2D eigenvalue weighted by molar-refractivity contribution is -0.120. The Kier molecular flexibility index (Phi) is 5.35. The minimum absolute atomic E-state index is 0.00415. The standard InChI is InChI=1S/C25H31N5O2/c1-15-10-20(14-26-22(15)21-17(3)12-28-24(21)31)25(32)30-8-6-29(7-9-30)23-16(2)11-19(13-27-23)18-4-5-18/h10-11,13-14,17-18,21H,4-9,12H2,1-3H3,(H,28,31)/t17?,21-/m1/s1. The maximum absolute atomic E-state index is 13.1. The molecule has 7 heteroatoms. The van der Waals surface area contributed by atoms with Crippen molar-refractivity contribution in [1.29, 1.82) is 0 Å². The van der Waals surface area contributed by atoms with Crippen LogP contribution < -0.4 is 10.2 Å². The number of piperazine rings is 1. The molecule has 0 bridgehead atoms. The number of carbonyl (C=O) groups excluding carboxylic acids is 2. The van der Waals surface area contributed by atoms with E-state index >= 15 is 0 Å². The summed E-state index contributed by atoms with van der Waals surface area (Å²) in [6.07, 6.45) is 6.23. The molecule has 2 aromatic rings. The molecule has 0 radical (unpaired) electrons. The average Bonchev–Trinajstić information content (AvgIpc) is 3.59. The molecule has 0 aromatic carbocycles. The molecule has 32 heavy (non-hydrogen) atoms. The molecular formula is C25H31N5O2. The van der Waals surface area contributed by atoms with Gasteiger partial charge in [-0.2, -0.15) is 0 Å². The molecule has 1 N–H and O–H groups in total. The molecule has 0 spiro atoms. The second-order valence-electron chi connectivity index (χ2n) is 9.59. The van der Waals surface area contributed by atoms with Crippen LogP contribution in [-0.2, 0) is 4.79 Å². The number of anilines is 1. The summed E-state index contributed by atoms with van der Waals surface area (Å²) in [6.45, 7) is 9.66. The van der Waals surface area contributed by atoms with Crippen molar-refractivity contribution in [2.24, 2.45) is 5.92 Å². The van der Waals surface area contributed by atoms with Crippen LogP contribution in [0.5, 0.6) is 0 Å². The van der Waals surface area contributed by atoms with Crippen LogP contribution in [0.3, 0.4) is 0 Å². The third kappa shape index (κ3) is 3.85. The van der Waals surface area contributed by atoms with E-state index < -0.39 is 0 Å². The van der Waals surface area contributed by atoms with Crippen molar-refractivity contribution in [1.82, 2.24) is 20.2 Å². The number of rotatable bonds is 4. The topological polar surface area (TPSA) is 78.4 Å². The fourth-order valence-corrected chi connectivity index (χ4v) is 5.03. The van der Waals surface area contributed by atoms with E-state index in [1.54, 1.807) is 6.20 Å². The monoisotopic (exact) mass is 433 g/mol. The van der Waals surface area contributed by atoms with Gasteiger partial charge in [0.2, 0.25) is 5.91 Å². The lowest BCUT2D eigenvalue weighted by Gasteiger charge is -2.36. The van der Waals surface area contributed by atoms with Gasteiger partial charge in [0.05, 0.1) is 17.2 Å². The number of hydrogen-bond acceptors (Lipinski definition) is 5. The molecule has 2 saturated heterocycles. The summed E-state index contributed by atoms with van der Waals surface area (Å²) >= 11 is 0. The number of aromatic nitrogens is 2. The summed E-state index contributed by atoms with van der Waals surface area (Å²) in [4.78, 5) is 38.8. The Morgan fingerprint density at radius 3 is 2.38 bits per heavy atom. The van der Waals surface area contributed by atoms with Crippen molar-refractivity contribution in [2.75, 3.05) is 37.6 Å². The van der Waals surface area contributed by atoms with Gasteiger partial charge >= 0.3 is 0 Å². The van der Waals surface area contributed by atoms with Crippen LogP contribution in [0.4, 0.5) is 5.82 Å². The summed E-state index contributed by atoms with van der Waals surface area (Å²) in [5.74, 6) is 1.75. The fraction of sp³-hybridized carbons (Fsp3) is 0.520. The maximum atomic E-state index is 13.1. The molecule has 2 aromatic heterocycles. The molecule has 1 saturated carbocycles. The predicted octanol–water partition coefficient (Wildman–Crippen LogP) is 2.78. The van der Waals surface area contributed by atoms with Gasteiger partial charge in [-0.3, -0.25) is 14.6 Å². The molecule has 4 heterocycles. The molecule has 168 valence electrons. The zero-order valence-corrected chi connectivity index (χ0v) is 19.1. The molecule has 2 amide bonds. The van der Waals surface area contributed by atoms with Crippen molar-refractivity contribution in [2.45, 2.75) is 45.4 Å². The first kappa shape index (κ1) is 20.9. The summed E-state index contributed by atoms with van der Waals surface area (Å²) in [5.41, 5.74) is 4.85. The Hall–Kier alpha value is -2.96. The minimum Gasteiger partial charge on any atom is -0.355 e. The lowest BCUT2D eigenvalue weighted by Crippen LogP contribution is -2.49. The largest absolute Gasteiger partial charge is 0.355 e. The number of nitrogens with one attached hydrogen (secondary N) is 1. The molecule has 2 aliphatic heterocycles. The van der Waals surface area contributed by atoms with E-state index in [1.807, 2.05) is 24.1 Å². The van der Waals surface area contributed by atoms with Gasteiger partial charge in [0.1, 0.15) is 5.82 Å². The number of carbonyl (C=O) groups is 2. The first-order chi connectivity index (χ1) is 15.4.